The zero-order valence-corrected chi connectivity index (χ0v) is 10.5. The number of hydrogen-bond donors (Lipinski definition) is 2. The summed E-state index contributed by atoms with van der Waals surface area (Å²) in [5.74, 6) is -2.51. The molecule has 0 unspecified atom stereocenters. The number of aliphatic carboxylic acids is 2. The van der Waals surface area contributed by atoms with Crippen molar-refractivity contribution >= 4 is 18.0 Å². The SMILES string of the molecule is N#CC=CC=Cc1ccccc1.O=C(O)/C=C/C(=O)O. The van der Waals surface area contributed by atoms with E-state index in [1.54, 1.807) is 6.08 Å². The molecule has 1 aromatic rings. The Bertz CT molecular complexity index is 535. The van der Waals surface area contributed by atoms with Crippen LogP contribution in [0.1, 0.15) is 5.56 Å². The van der Waals surface area contributed by atoms with Crippen LogP contribution in [0.15, 0.2) is 60.7 Å². The first-order valence-electron chi connectivity index (χ1n) is 5.48. The molecule has 0 radical (unpaired) electrons. The Hall–Kier alpha value is -3.13. The summed E-state index contributed by atoms with van der Waals surface area (Å²) in [5.41, 5.74) is 1.14. The van der Waals surface area contributed by atoms with Crippen LogP contribution in [0.2, 0.25) is 0 Å². The van der Waals surface area contributed by atoms with Crippen LogP contribution in [0.3, 0.4) is 0 Å². The number of nitriles is 1. The number of carboxylic acid groups (broad SMARTS) is 2. The lowest BCUT2D eigenvalue weighted by Crippen LogP contribution is -1.91. The first kappa shape index (κ1) is 16.9. The third kappa shape index (κ3) is 11.4. The normalized spacial score (nSPS) is 10.2. The fourth-order valence-corrected chi connectivity index (χ4v) is 0.972. The van der Waals surface area contributed by atoms with Crippen LogP contribution in [0, 0.1) is 11.3 Å². The molecule has 5 nitrogen and oxygen atoms in total. The average Bonchev–Trinajstić information content (AvgIpc) is 2.43. The predicted octanol–water partition coefficient (Wildman–Crippen LogP) is 2.49. The maximum atomic E-state index is 9.55. The van der Waals surface area contributed by atoms with Crippen LogP contribution < -0.4 is 0 Å². The number of hydrogen-bond acceptors (Lipinski definition) is 3. The van der Waals surface area contributed by atoms with Gasteiger partial charge in [0, 0.05) is 18.2 Å². The summed E-state index contributed by atoms with van der Waals surface area (Å²) in [6.07, 6.45) is 8.07. The van der Waals surface area contributed by atoms with Gasteiger partial charge in [0.15, 0.2) is 0 Å². The van der Waals surface area contributed by atoms with E-state index in [1.807, 2.05) is 48.6 Å². The lowest BCUT2D eigenvalue weighted by atomic mass is 10.2. The molecule has 0 heterocycles. The van der Waals surface area contributed by atoms with Crippen molar-refractivity contribution in [2.45, 2.75) is 0 Å². The number of carboxylic acids is 2. The molecule has 0 aliphatic rings. The van der Waals surface area contributed by atoms with Crippen LogP contribution in [0.25, 0.3) is 6.08 Å². The molecule has 2 N–H and O–H groups in total. The number of allylic oxidation sites excluding steroid dienone is 3. The molecule has 0 aromatic heterocycles. The van der Waals surface area contributed by atoms with Gasteiger partial charge in [-0.05, 0) is 5.56 Å². The van der Waals surface area contributed by atoms with Crippen LogP contribution in [0.5, 0.6) is 0 Å². The summed E-state index contributed by atoms with van der Waals surface area (Å²) in [7, 11) is 0. The minimum absolute atomic E-state index is 0.558. The van der Waals surface area contributed by atoms with Crippen LogP contribution in [-0.2, 0) is 9.59 Å². The number of benzene rings is 1. The van der Waals surface area contributed by atoms with Crippen molar-refractivity contribution in [3.05, 3.63) is 66.3 Å². The van der Waals surface area contributed by atoms with Crippen molar-refractivity contribution in [2.24, 2.45) is 0 Å². The van der Waals surface area contributed by atoms with Crippen LogP contribution >= 0.6 is 0 Å². The summed E-state index contributed by atoms with van der Waals surface area (Å²) in [4.78, 5) is 19.1. The van der Waals surface area contributed by atoms with Gasteiger partial charge in [-0.15, -0.1) is 0 Å². The fraction of sp³-hybridized carbons (Fsp3) is 0. The highest BCUT2D eigenvalue weighted by Crippen LogP contribution is 2.00. The molecule has 102 valence electrons. The van der Waals surface area contributed by atoms with Crippen molar-refractivity contribution in [2.75, 3.05) is 0 Å². The Morgan fingerprint density at radius 2 is 1.55 bits per heavy atom. The maximum Gasteiger partial charge on any atom is 0.328 e. The second-order valence-corrected chi connectivity index (χ2v) is 3.27. The Morgan fingerprint density at radius 3 is 2.00 bits per heavy atom. The van der Waals surface area contributed by atoms with Gasteiger partial charge < -0.3 is 10.2 Å². The summed E-state index contributed by atoms with van der Waals surface area (Å²) < 4.78 is 0. The molecule has 0 saturated heterocycles. The van der Waals surface area contributed by atoms with Gasteiger partial charge in [-0.25, -0.2) is 9.59 Å². The third-order valence-corrected chi connectivity index (χ3v) is 1.74. The van der Waals surface area contributed by atoms with Crippen LogP contribution in [0.4, 0.5) is 0 Å². The Kier molecular flexibility index (Phi) is 9.27. The van der Waals surface area contributed by atoms with Gasteiger partial charge >= 0.3 is 11.9 Å². The minimum atomic E-state index is -1.26. The van der Waals surface area contributed by atoms with Gasteiger partial charge in [-0.3, -0.25) is 0 Å². The van der Waals surface area contributed by atoms with Gasteiger partial charge in [0.25, 0.3) is 0 Å². The number of nitrogens with zero attached hydrogens (tertiary/aromatic N) is 1. The van der Waals surface area contributed by atoms with E-state index in [4.69, 9.17) is 15.5 Å². The second-order valence-electron chi connectivity index (χ2n) is 3.27. The molecule has 0 amide bonds. The Labute approximate surface area is 116 Å². The van der Waals surface area contributed by atoms with Gasteiger partial charge in [0.2, 0.25) is 0 Å². The molecule has 1 aromatic carbocycles. The van der Waals surface area contributed by atoms with Crippen LogP contribution in [-0.4, -0.2) is 22.2 Å². The molecule has 0 aliphatic heterocycles. The molecule has 0 spiro atoms. The first-order valence-corrected chi connectivity index (χ1v) is 5.48. The van der Waals surface area contributed by atoms with Crippen molar-refractivity contribution in [3.63, 3.8) is 0 Å². The minimum Gasteiger partial charge on any atom is -0.478 e. The summed E-state index contributed by atoms with van der Waals surface area (Å²) in [6, 6.07) is 11.9. The van der Waals surface area contributed by atoms with E-state index in [9.17, 15) is 9.59 Å². The molecule has 5 heteroatoms. The second kappa shape index (κ2) is 11.0. The topological polar surface area (TPSA) is 98.4 Å². The van der Waals surface area contributed by atoms with E-state index in [-0.39, 0.29) is 0 Å². The maximum absolute atomic E-state index is 9.55. The molecule has 1 rings (SSSR count). The number of carbonyl (C=O) groups is 2. The van der Waals surface area contributed by atoms with Crippen molar-refractivity contribution in [1.29, 1.82) is 5.26 Å². The molecule has 0 saturated carbocycles. The molecule has 0 aliphatic carbocycles. The summed E-state index contributed by atoms with van der Waals surface area (Å²) in [6.45, 7) is 0. The number of rotatable bonds is 4. The molecule has 0 bridgehead atoms. The monoisotopic (exact) mass is 271 g/mol. The quantitative estimate of drug-likeness (QED) is 0.498. The lowest BCUT2D eigenvalue weighted by Gasteiger charge is -1.87. The van der Waals surface area contributed by atoms with Gasteiger partial charge in [-0.1, -0.05) is 48.6 Å². The van der Waals surface area contributed by atoms with Crippen molar-refractivity contribution in [3.8, 4) is 6.07 Å². The standard InChI is InChI=1S/C11H9N.C4H4O4/c12-10-6-2-5-9-11-7-3-1-4-8-11;5-3(6)1-2-4(7)8/h1-9H;1-2H,(H,5,6)(H,7,8)/b;2-1+. The smallest absolute Gasteiger partial charge is 0.328 e. The zero-order valence-electron chi connectivity index (χ0n) is 10.5. The van der Waals surface area contributed by atoms with E-state index >= 15 is 0 Å². The lowest BCUT2D eigenvalue weighted by molar-refractivity contribution is -0.134. The average molecular weight is 271 g/mol. The highest BCUT2D eigenvalue weighted by Gasteiger charge is 1.88. The van der Waals surface area contributed by atoms with E-state index in [0.29, 0.717) is 12.2 Å². The Balaban J connectivity index is 0.000000396. The molecular formula is C15H13NO4. The predicted molar refractivity (Wildman–Crippen MR) is 74.6 cm³/mol. The molecule has 20 heavy (non-hydrogen) atoms. The van der Waals surface area contributed by atoms with Gasteiger partial charge in [-0.2, -0.15) is 5.26 Å². The van der Waals surface area contributed by atoms with Crippen molar-refractivity contribution < 1.29 is 19.8 Å². The summed E-state index contributed by atoms with van der Waals surface area (Å²) in [5, 5.41) is 23.8. The highest BCUT2D eigenvalue weighted by molar-refractivity contribution is 5.89. The zero-order chi connectivity index (χ0) is 15.2. The molecule has 0 atom stereocenters. The molecular weight excluding hydrogens is 258 g/mol. The van der Waals surface area contributed by atoms with Crippen molar-refractivity contribution in [1.82, 2.24) is 0 Å². The first-order chi connectivity index (χ1) is 9.56. The van der Waals surface area contributed by atoms with E-state index < -0.39 is 11.9 Å². The summed E-state index contributed by atoms with van der Waals surface area (Å²) >= 11 is 0. The van der Waals surface area contributed by atoms with Gasteiger partial charge in [0.1, 0.15) is 0 Å². The third-order valence-electron chi connectivity index (χ3n) is 1.74. The van der Waals surface area contributed by atoms with E-state index in [2.05, 4.69) is 0 Å². The van der Waals surface area contributed by atoms with E-state index in [0.717, 1.165) is 5.56 Å². The fourth-order valence-electron chi connectivity index (χ4n) is 0.972. The van der Waals surface area contributed by atoms with Gasteiger partial charge in [0.05, 0.1) is 6.07 Å². The van der Waals surface area contributed by atoms with E-state index in [1.165, 1.54) is 6.08 Å². The molecule has 0 fully saturated rings. The largest absolute Gasteiger partial charge is 0.478 e. The highest BCUT2D eigenvalue weighted by atomic mass is 16.4. The Morgan fingerprint density at radius 1 is 1.00 bits per heavy atom.